The molecular weight excluding hydrogens is 184 g/mol. The normalized spacial score (nSPS) is 10.6. The van der Waals surface area contributed by atoms with Gasteiger partial charge in [0.15, 0.2) is 0 Å². The van der Waals surface area contributed by atoms with Gasteiger partial charge in [-0.05, 0) is 26.0 Å². The zero-order valence-corrected chi connectivity index (χ0v) is 8.50. The van der Waals surface area contributed by atoms with Crippen LogP contribution in [-0.4, -0.2) is 19.5 Å². The van der Waals surface area contributed by atoms with Crippen LogP contribution in [0.1, 0.15) is 12.5 Å². The van der Waals surface area contributed by atoms with Crippen LogP contribution in [0.3, 0.4) is 0 Å². The van der Waals surface area contributed by atoms with Crippen molar-refractivity contribution in [1.29, 1.82) is 0 Å². The molecule has 0 spiro atoms. The summed E-state index contributed by atoms with van der Waals surface area (Å²) in [5.74, 6) is 0. The second-order valence-corrected chi connectivity index (χ2v) is 3.27. The molecule has 14 heavy (non-hydrogen) atoms. The fourth-order valence-corrected chi connectivity index (χ4v) is 1.34. The highest BCUT2D eigenvalue weighted by molar-refractivity contribution is 5.47. The lowest BCUT2D eigenvalue weighted by Gasteiger charge is -2.22. The maximum absolute atomic E-state index is 12.2. The van der Waals surface area contributed by atoms with Crippen LogP contribution in [0.4, 0.5) is 14.5 Å². The molecule has 1 rings (SSSR count). The summed E-state index contributed by atoms with van der Waals surface area (Å²) in [7, 11) is 0. The lowest BCUT2D eigenvalue weighted by molar-refractivity contribution is 0.155. The Bertz CT molecular complexity index is 269. The standard InChI is InChI=1S/C11H15F2N/c1-3-14(8-11(12)13)10-6-4-9(2)5-7-10/h4-7,11H,3,8H2,1-2H3. The second kappa shape index (κ2) is 4.94. The van der Waals surface area contributed by atoms with E-state index in [2.05, 4.69) is 0 Å². The highest BCUT2D eigenvalue weighted by Gasteiger charge is 2.10. The summed E-state index contributed by atoms with van der Waals surface area (Å²) in [6.45, 7) is 4.27. The van der Waals surface area contributed by atoms with Gasteiger partial charge in [-0.1, -0.05) is 17.7 Å². The number of hydrogen-bond acceptors (Lipinski definition) is 1. The van der Waals surface area contributed by atoms with Crippen molar-refractivity contribution in [3.8, 4) is 0 Å². The average Bonchev–Trinajstić information content (AvgIpc) is 2.15. The Morgan fingerprint density at radius 1 is 1.21 bits per heavy atom. The van der Waals surface area contributed by atoms with Crippen molar-refractivity contribution in [2.24, 2.45) is 0 Å². The van der Waals surface area contributed by atoms with E-state index < -0.39 is 6.43 Å². The molecule has 0 aromatic heterocycles. The Labute approximate surface area is 83.3 Å². The van der Waals surface area contributed by atoms with Gasteiger partial charge in [-0.25, -0.2) is 8.78 Å². The fourth-order valence-electron chi connectivity index (χ4n) is 1.34. The molecule has 78 valence electrons. The molecule has 0 aliphatic heterocycles. The molecule has 3 heteroatoms. The van der Waals surface area contributed by atoms with Crippen molar-refractivity contribution in [1.82, 2.24) is 0 Å². The zero-order valence-electron chi connectivity index (χ0n) is 8.50. The van der Waals surface area contributed by atoms with Crippen LogP contribution < -0.4 is 4.90 Å². The van der Waals surface area contributed by atoms with E-state index in [0.29, 0.717) is 6.54 Å². The maximum atomic E-state index is 12.2. The molecule has 0 unspecified atom stereocenters. The molecule has 0 aliphatic rings. The molecule has 0 bridgehead atoms. The topological polar surface area (TPSA) is 3.24 Å². The minimum atomic E-state index is -2.28. The first-order valence-electron chi connectivity index (χ1n) is 4.73. The molecule has 0 N–H and O–H groups in total. The quantitative estimate of drug-likeness (QED) is 0.720. The van der Waals surface area contributed by atoms with Gasteiger partial charge < -0.3 is 4.90 Å². The average molecular weight is 199 g/mol. The summed E-state index contributed by atoms with van der Waals surface area (Å²) >= 11 is 0. The van der Waals surface area contributed by atoms with Crippen LogP contribution in [-0.2, 0) is 0 Å². The van der Waals surface area contributed by atoms with E-state index >= 15 is 0 Å². The summed E-state index contributed by atoms with van der Waals surface area (Å²) in [5.41, 5.74) is 2.00. The van der Waals surface area contributed by atoms with Gasteiger partial charge in [0.05, 0.1) is 6.54 Å². The van der Waals surface area contributed by atoms with Gasteiger partial charge >= 0.3 is 0 Å². The molecular formula is C11H15F2N. The summed E-state index contributed by atoms with van der Waals surface area (Å²) in [6, 6.07) is 7.62. The third kappa shape index (κ3) is 2.98. The summed E-state index contributed by atoms with van der Waals surface area (Å²) < 4.78 is 24.4. The van der Waals surface area contributed by atoms with Crippen LogP contribution >= 0.6 is 0 Å². The van der Waals surface area contributed by atoms with Gasteiger partial charge in [-0.2, -0.15) is 0 Å². The van der Waals surface area contributed by atoms with E-state index in [9.17, 15) is 8.78 Å². The largest absolute Gasteiger partial charge is 0.366 e. The van der Waals surface area contributed by atoms with Crippen LogP contribution in [0.2, 0.25) is 0 Å². The Balaban J connectivity index is 2.73. The summed E-state index contributed by atoms with van der Waals surface area (Å²) in [5, 5.41) is 0. The minimum Gasteiger partial charge on any atom is -0.366 e. The molecule has 0 heterocycles. The smallest absolute Gasteiger partial charge is 0.255 e. The molecule has 0 fully saturated rings. The summed E-state index contributed by atoms with van der Waals surface area (Å²) in [6.07, 6.45) is -2.28. The molecule has 1 nitrogen and oxygen atoms in total. The second-order valence-electron chi connectivity index (χ2n) is 3.27. The maximum Gasteiger partial charge on any atom is 0.255 e. The minimum absolute atomic E-state index is 0.195. The molecule has 0 atom stereocenters. The van der Waals surface area contributed by atoms with Crippen molar-refractivity contribution in [2.75, 3.05) is 18.0 Å². The Morgan fingerprint density at radius 3 is 2.21 bits per heavy atom. The van der Waals surface area contributed by atoms with Crippen molar-refractivity contribution in [3.63, 3.8) is 0 Å². The summed E-state index contributed by atoms with van der Waals surface area (Å²) in [4.78, 5) is 1.67. The first-order valence-corrected chi connectivity index (χ1v) is 4.73. The molecule has 0 aliphatic carbocycles. The number of hydrogen-bond donors (Lipinski definition) is 0. The molecule has 1 aromatic carbocycles. The van der Waals surface area contributed by atoms with E-state index in [4.69, 9.17) is 0 Å². The van der Waals surface area contributed by atoms with Crippen molar-refractivity contribution >= 4 is 5.69 Å². The van der Waals surface area contributed by atoms with Gasteiger partial charge in [0.1, 0.15) is 0 Å². The number of benzene rings is 1. The highest BCUT2D eigenvalue weighted by Crippen LogP contribution is 2.15. The first kappa shape index (κ1) is 11.0. The SMILES string of the molecule is CCN(CC(F)F)c1ccc(C)cc1. The van der Waals surface area contributed by atoms with Gasteiger partial charge in [0.2, 0.25) is 0 Å². The number of anilines is 1. The first-order chi connectivity index (χ1) is 6.63. The number of aryl methyl sites for hydroxylation is 1. The Hall–Kier alpha value is -1.12. The van der Waals surface area contributed by atoms with Gasteiger partial charge in [-0.15, -0.1) is 0 Å². The number of halogens is 2. The van der Waals surface area contributed by atoms with Crippen LogP contribution in [0.5, 0.6) is 0 Å². The Morgan fingerprint density at radius 2 is 1.79 bits per heavy atom. The monoisotopic (exact) mass is 199 g/mol. The fraction of sp³-hybridized carbons (Fsp3) is 0.455. The molecule has 0 saturated heterocycles. The van der Waals surface area contributed by atoms with Crippen LogP contribution in [0, 0.1) is 6.92 Å². The predicted molar refractivity (Wildman–Crippen MR) is 55.1 cm³/mol. The van der Waals surface area contributed by atoms with E-state index in [1.54, 1.807) is 4.90 Å². The number of nitrogens with zero attached hydrogens (tertiary/aromatic N) is 1. The van der Waals surface area contributed by atoms with Crippen molar-refractivity contribution < 1.29 is 8.78 Å². The van der Waals surface area contributed by atoms with Gasteiger partial charge in [-0.3, -0.25) is 0 Å². The number of rotatable bonds is 4. The molecule has 0 amide bonds. The number of alkyl halides is 2. The third-order valence-corrected chi connectivity index (χ3v) is 2.14. The lowest BCUT2D eigenvalue weighted by Crippen LogP contribution is -2.28. The molecule has 0 radical (unpaired) electrons. The highest BCUT2D eigenvalue weighted by atomic mass is 19.3. The predicted octanol–water partition coefficient (Wildman–Crippen LogP) is 3.09. The molecule has 0 saturated carbocycles. The van der Waals surface area contributed by atoms with Crippen LogP contribution in [0.25, 0.3) is 0 Å². The molecule has 1 aromatic rings. The van der Waals surface area contributed by atoms with Crippen LogP contribution in [0.15, 0.2) is 24.3 Å². The Kier molecular flexibility index (Phi) is 3.86. The van der Waals surface area contributed by atoms with E-state index in [-0.39, 0.29) is 6.54 Å². The third-order valence-electron chi connectivity index (χ3n) is 2.14. The van der Waals surface area contributed by atoms with E-state index in [0.717, 1.165) is 11.3 Å². The van der Waals surface area contributed by atoms with E-state index in [1.807, 2.05) is 38.1 Å². The van der Waals surface area contributed by atoms with Gasteiger partial charge in [0, 0.05) is 12.2 Å². The van der Waals surface area contributed by atoms with Gasteiger partial charge in [0.25, 0.3) is 6.43 Å². The van der Waals surface area contributed by atoms with Crippen molar-refractivity contribution in [2.45, 2.75) is 20.3 Å². The zero-order chi connectivity index (χ0) is 10.6. The lowest BCUT2D eigenvalue weighted by atomic mass is 10.2. The van der Waals surface area contributed by atoms with Crippen molar-refractivity contribution in [3.05, 3.63) is 29.8 Å². The van der Waals surface area contributed by atoms with E-state index in [1.165, 1.54) is 0 Å².